The van der Waals surface area contributed by atoms with Gasteiger partial charge in [-0.1, -0.05) is 26.0 Å². The molecule has 1 fully saturated rings. The summed E-state index contributed by atoms with van der Waals surface area (Å²) < 4.78 is 0. The van der Waals surface area contributed by atoms with Crippen LogP contribution in [0.2, 0.25) is 0 Å². The maximum absolute atomic E-state index is 9.93. The second kappa shape index (κ2) is 5.54. The van der Waals surface area contributed by atoms with Crippen LogP contribution >= 0.6 is 0 Å². The third kappa shape index (κ3) is 3.22. The molecule has 1 aromatic rings. The molecule has 94 valence electrons. The fourth-order valence-corrected chi connectivity index (χ4v) is 2.44. The van der Waals surface area contributed by atoms with Gasteiger partial charge in [-0.3, -0.25) is 0 Å². The van der Waals surface area contributed by atoms with Crippen LogP contribution in [0.3, 0.4) is 0 Å². The molecule has 0 radical (unpaired) electrons. The Morgan fingerprint density at radius 3 is 2.88 bits per heavy atom. The summed E-state index contributed by atoms with van der Waals surface area (Å²) in [4.78, 5) is 0. The molecule has 0 unspecified atom stereocenters. The van der Waals surface area contributed by atoms with Crippen LogP contribution in [-0.2, 0) is 6.42 Å². The maximum Gasteiger partial charge on any atom is 0.120 e. The standard InChI is InChI=1S/C15H23NO/c1-11(2)5-6-12-7-8-15(17)13(10-12)14-4-3-9-16-14/h7-8,10-11,14,16-17H,3-6,9H2,1-2H3/t14-/m0/s1. The summed E-state index contributed by atoms with van der Waals surface area (Å²) in [6.45, 7) is 5.57. The molecule has 1 saturated heterocycles. The molecule has 1 atom stereocenters. The van der Waals surface area contributed by atoms with Gasteiger partial charge in [-0.2, -0.15) is 0 Å². The Morgan fingerprint density at radius 1 is 1.41 bits per heavy atom. The van der Waals surface area contributed by atoms with Crippen molar-refractivity contribution in [3.63, 3.8) is 0 Å². The van der Waals surface area contributed by atoms with Crippen LogP contribution < -0.4 is 5.32 Å². The van der Waals surface area contributed by atoms with Crippen LogP contribution in [0.1, 0.15) is 50.3 Å². The molecule has 0 aromatic heterocycles. The normalized spacial score (nSPS) is 20.1. The second-order valence-corrected chi connectivity index (χ2v) is 5.47. The van der Waals surface area contributed by atoms with Crippen molar-refractivity contribution in [2.75, 3.05) is 6.54 Å². The summed E-state index contributed by atoms with van der Waals surface area (Å²) in [5.74, 6) is 1.18. The molecule has 0 spiro atoms. The molecular formula is C15H23NO. The fourth-order valence-electron chi connectivity index (χ4n) is 2.44. The number of aryl methyl sites for hydroxylation is 1. The molecule has 17 heavy (non-hydrogen) atoms. The van der Waals surface area contributed by atoms with Crippen molar-refractivity contribution in [2.45, 2.75) is 45.6 Å². The zero-order chi connectivity index (χ0) is 12.3. The lowest BCUT2D eigenvalue weighted by Gasteiger charge is -2.14. The number of rotatable bonds is 4. The van der Waals surface area contributed by atoms with E-state index in [1.807, 2.05) is 6.07 Å². The average molecular weight is 233 g/mol. The Labute approximate surface area is 104 Å². The molecule has 2 nitrogen and oxygen atoms in total. The van der Waals surface area contributed by atoms with Gasteiger partial charge in [-0.25, -0.2) is 0 Å². The number of phenolic OH excluding ortho intramolecular Hbond substituents is 1. The van der Waals surface area contributed by atoms with Gasteiger partial charge in [0.1, 0.15) is 5.75 Å². The van der Waals surface area contributed by atoms with Crippen molar-refractivity contribution in [3.05, 3.63) is 29.3 Å². The highest BCUT2D eigenvalue weighted by Crippen LogP contribution is 2.31. The summed E-state index contributed by atoms with van der Waals surface area (Å²) in [6, 6.07) is 6.44. The number of benzene rings is 1. The number of nitrogens with one attached hydrogen (secondary N) is 1. The van der Waals surface area contributed by atoms with Gasteiger partial charge in [0.2, 0.25) is 0 Å². The first kappa shape index (κ1) is 12.4. The lowest BCUT2D eigenvalue weighted by molar-refractivity contribution is 0.456. The highest BCUT2D eigenvalue weighted by molar-refractivity contribution is 5.39. The molecule has 1 aliphatic rings. The van der Waals surface area contributed by atoms with Crippen LogP contribution in [0.4, 0.5) is 0 Å². The Balaban J connectivity index is 2.11. The summed E-state index contributed by atoms with van der Waals surface area (Å²) in [7, 11) is 0. The van der Waals surface area contributed by atoms with Gasteiger partial charge in [-0.05, 0) is 49.8 Å². The van der Waals surface area contributed by atoms with E-state index in [0.717, 1.165) is 30.9 Å². The van der Waals surface area contributed by atoms with E-state index in [1.165, 1.54) is 18.4 Å². The molecule has 2 N–H and O–H groups in total. The van der Waals surface area contributed by atoms with Crippen molar-refractivity contribution in [1.29, 1.82) is 0 Å². The molecular weight excluding hydrogens is 210 g/mol. The maximum atomic E-state index is 9.93. The van der Waals surface area contributed by atoms with E-state index < -0.39 is 0 Å². The zero-order valence-electron chi connectivity index (χ0n) is 10.9. The zero-order valence-corrected chi connectivity index (χ0v) is 10.9. The van der Waals surface area contributed by atoms with E-state index in [0.29, 0.717) is 11.8 Å². The minimum Gasteiger partial charge on any atom is -0.508 e. The van der Waals surface area contributed by atoms with E-state index in [4.69, 9.17) is 0 Å². The number of hydrogen-bond donors (Lipinski definition) is 2. The van der Waals surface area contributed by atoms with Gasteiger partial charge in [0.25, 0.3) is 0 Å². The monoisotopic (exact) mass is 233 g/mol. The summed E-state index contributed by atoms with van der Waals surface area (Å²) in [5.41, 5.74) is 2.43. The molecule has 0 bridgehead atoms. The van der Waals surface area contributed by atoms with Crippen molar-refractivity contribution in [1.82, 2.24) is 5.32 Å². The lowest BCUT2D eigenvalue weighted by atomic mass is 9.97. The minimum absolute atomic E-state index is 0.356. The number of phenols is 1. The molecule has 2 heteroatoms. The van der Waals surface area contributed by atoms with E-state index in [9.17, 15) is 5.11 Å². The van der Waals surface area contributed by atoms with Gasteiger partial charge < -0.3 is 10.4 Å². The predicted octanol–water partition coefficient (Wildman–Crippen LogP) is 3.41. The predicted molar refractivity (Wildman–Crippen MR) is 71.2 cm³/mol. The van der Waals surface area contributed by atoms with Gasteiger partial charge in [0.15, 0.2) is 0 Å². The number of aromatic hydroxyl groups is 1. The highest BCUT2D eigenvalue weighted by Gasteiger charge is 2.19. The second-order valence-electron chi connectivity index (χ2n) is 5.47. The Kier molecular flexibility index (Phi) is 4.06. The van der Waals surface area contributed by atoms with E-state index in [1.54, 1.807) is 0 Å². The quantitative estimate of drug-likeness (QED) is 0.835. The molecule has 2 rings (SSSR count). The molecule has 1 aromatic carbocycles. The third-order valence-corrected chi connectivity index (χ3v) is 3.54. The van der Waals surface area contributed by atoms with Crippen molar-refractivity contribution < 1.29 is 5.11 Å². The molecule has 1 aliphatic heterocycles. The third-order valence-electron chi connectivity index (χ3n) is 3.54. The molecule has 0 aliphatic carbocycles. The Bertz CT molecular complexity index is 367. The van der Waals surface area contributed by atoms with Crippen molar-refractivity contribution >= 4 is 0 Å². The van der Waals surface area contributed by atoms with E-state index in [2.05, 4.69) is 31.3 Å². The first-order valence-electron chi connectivity index (χ1n) is 6.72. The topological polar surface area (TPSA) is 32.3 Å². The molecule has 1 heterocycles. The minimum atomic E-state index is 0.356. The Morgan fingerprint density at radius 2 is 2.24 bits per heavy atom. The van der Waals surface area contributed by atoms with E-state index >= 15 is 0 Å². The van der Waals surface area contributed by atoms with Crippen LogP contribution in [0.5, 0.6) is 5.75 Å². The largest absolute Gasteiger partial charge is 0.508 e. The number of hydrogen-bond acceptors (Lipinski definition) is 2. The van der Waals surface area contributed by atoms with Gasteiger partial charge in [0.05, 0.1) is 0 Å². The van der Waals surface area contributed by atoms with Crippen LogP contribution in [0, 0.1) is 5.92 Å². The van der Waals surface area contributed by atoms with Crippen LogP contribution in [0.15, 0.2) is 18.2 Å². The summed E-state index contributed by atoms with van der Waals surface area (Å²) >= 11 is 0. The lowest BCUT2D eigenvalue weighted by Crippen LogP contribution is -2.13. The fraction of sp³-hybridized carbons (Fsp3) is 0.600. The average Bonchev–Trinajstić information content (AvgIpc) is 2.81. The summed E-state index contributed by atoms with van der Waals surface area (Å²) in [6.07, 6.45) is 4.67. The highest BCUT2D eigenvalue weighted by atomic mass is 16.3. The summed E-state index contributed by atoms with van der Waals surface area (Å²) in [5, 5.41) is 13.4. The van der Waals surface area contributed by atoms with Gasteiger partial charge >= 0.3 is 0 Å². The molecule has 0 amide bonds. The first-order valence-corrected chi connectivity index (χ1v) is 6.72. The van der Waals surface area contributed by atoms with Gasteiger partial charge in [-0.15, -0.1) is 0 Å². The molecule has 0 saturated carbocycles. The first-order chi connectivity index (χ1) is 8.16. The van der Waals surface area contributed by atoms with Crippen LogP contribution in [0.25, 0.3) is 0 Å². The Hall–Kier alpha value is -1.02. The van der Waals surface area contributed by atoms with Crippen molar-refractivity contribution in [3.8, 4) is 5.75 Å². The smallest absolute Gasteiger partial charge is 0.120 e. The van der Waals surface area contributed by atoms with Crippen LogP contribution in [-0.4, -0.2) is 11.7 Å². The van der Waals surface area contributed by atoms with E-state index in [-0.39, 0.29) is 0 Å². The van der Waals surface area contributed by atoms with Crippen molar-refractivity contribution in [2.24, 2.45) is 5.92 Å². The SMILES string of the molecule is CC(C)CCc1ccc(O)c([C@@H]2CCCN2)c1. The van der Waals surface area contributed by atoms with Gasteiger partial charge in [0, 0.05) is 11.6 Å².